The molecule has 0 fully saturated rings. The Morgan fingerprint density at radius 2 is 1.96 bits per heavy atom. The van der Waals surface area contributed by atoms with Crippen LogP contribution < -0.4 is 10.5 Å². The number of rotatable bonds is 4. The molecule has 0 spiro atoms. The zero-order valence-corrected chi connectivity index (χ0v) is 13.5. The number of carbonyl (C=O) groups excluding carboxylic acids is 1. The molecule has 0 aliphatic rings. The Morgan fingerprint density at radius 3 is 2.57 bits per heavy atom. The van der Waals surface area contributed by atoms with Gasteiger partial charge in [0.2, 0.25) is 5.91 Å². The second-order valence-corrected chi connectivity index (χ2v) is 5.98. The van der Waals surface area contributed by atoms with Crippen LogP contribution in [-0.4, -0.2) is 10.9 Å². The zero-order valence-electron chi connectivity index (χ0n) is 12.7. The third-order valence-electron chi connectivity index (χ3n) is 3.61. The van der Waals surface area contributed by atoms with Crippen LogP contribution in [0.3, 0.4) is 0 Å². The van der Waals surface area contributed by atoms with Gasteiger partial charge in [0.25, 0.3) is 5.56 Å². The molecule has 3 rings (SSSR count). The van der Waals surface area contributed by atoms with Crippen LogP contribution in [0, 0.1) is 0 Å². The summed E-state index contributed by atoms with van der Waals surface area (Å²) in [6.45, 7) is 2.10. The Hall–Kier alpha value is -2.66. The Labute approximate surface area is 138 Å². The first-order valence-electron chi connectivity index (χ1n) is 7.22. The number of amides is 1. The van der Waals surface area contributed by atoms with Crippen molar-refractivity contribution in [3.05, 3.63) is 75.3 Å². The predicted octanol–water partition coefficient (Wildman–Crippen LogP) is 3.66. The summed E-state index contributed by atoms with van der Waals surface area (Å²) < 4.78 is 0. The van der Waals surface area contributed by atoms with E-state index >= 15 is 0 Å². The van der Waals surface area contributed by atoms with Crippen molar-refractivity contribution in [3.63, 3.8) is 0 Å². The summed E-state index contributed by atoms with van der Waals surface area (Å²) in [4.78, 5) is 28.2. The first-order chi connectivity index (χ1) is 11.1. The predicted molar refractivity (Wildman–Crippen MR) is 93.7 cm³/mol. The van der Waals surface area contributed by atoms with Crippen LogP contribution in [0.5, 0.6) is 0 Å². The molecule has 1 amide bonds. The number of carbonyl (C=O) groups is 1. The minimum absolute atomic E-state index is 0.0125. The van der Waals surface area contributed by atoms with Crippen LogP contribution in [-0.2, 0) is 11.3 Å². The standard InChI is InChI=1S/C18H16N2O2S/c1-13(21)20(11-14-8-10-23-12-14)16-6-4-15(5-7-16)17-3-2-9-19-18(17)22/h2-10,12H,11H2,1H3,(H,19,22). The largest absolute Gasteiger partial charge is 0.329 e. The van der Waals surface area contributed by atoms with Gasteiger partial charge in [-0.3, -0.25) is 9.59 Å². The topological polar surface area (TPSA) is 53.2 Å². The summed E-state index contributed by atoms with van der Waals surface area (Å²) in [6.07, 6.45) is 1.61. The molecule has 4 nitrogen and oxygen atoms in total. The van der Waals surface area contributed by atoms with E-state index in [9.17, 15) is 9.59 Å². The molecule has 2 heterocycles. The third-order valence-corrected chi connectivity index (χ3v) is 4.34. The fourth-order valence-corrected chi connectivity index (χ4v) is 3.08. The first kappa shape index (κ1) is 15.2. The summed E-state index contributed by atoms with van der Waals surface area (Å²) in [5.41, 5.74) is 3.25. The van der Waals surface area contributed by atoms with Crippen LogP contribution in [0.4, 0.5) is 5.69 Å². The lowest BCUT2D eigenvalue weighted by Gasteiger charge is -2.21. The number of hydrogen-bond donors (Lipinski definition) is 1. The van der Waals surface area contributed by atoms with Gasteiger partial charge in [0.15, 0.2) is 0 Å². The molecule has 2 aromatic heterocycles. The molecule has 116 valence electrons. The molecule has 1 N–H and O–H groups in total. The van der Waals surface area contributed by atoms with Crippen LogP contribution in [0.2, 0.25) is 0 Å². The Balaban J connectivity index is 1.89. The van der Waals surface area contributed by atoms with Crippen molar-refractivity contribution in [2.75, 3.05) is 4.90 Å². The lowest BCUT2D eigenvalue weighted by Crippen LogP contribution is -2.27. The van der Waals surface area contributed by atoms with Gasteiger partial charge in [0.05, 0.1) is 6.54 Å². The number of aromatic nitrogens is 1. The van der Waals surface area contributed by atoms with E-state index in [0.717, 1.165) is 16.8 Å². The average molecular weight is 324 g/mol. The summed E-state index contributed by atoms with van der Waals surface area (Å²) in [6, 6.07) is 13.1. The van der Waals surface area contributed by atoms with E-state index in [2.05, 4.69) is 4.98 Å². The number of benzene rings is 1. The molecule has 0 radical (unpaired) electrons. The van der Waals surface area contributed by atoms with Crippen molar-refractivity contribution in [2.45, 2.75) is 13.5 Å². The number of nitrogens with zero attached hydrogens (tertiary/aromatic N) is 1. The molecule has 0 saturated carbocycles. The molecule has 5 heteroatoms. The minimum Gasteiger partial charge on any atom is -0.329 e. The van der Waals surface area contributed by atoms with Gasteiger partial charge < -0.3 is 9.88 Å². The summed E-state index contributed by atoms with van der Waals surface area (Å²) in [5.74, 6) is -0.0125. The maximum atomic E-state index is 12.0. The summed E-state index contributed by atoms with van der Waals surface area (Å²) in [7, 11) is 0. The molecular formula is C18H16N2O2S. The lowest BCUT2D eigenvalue weighted by molar-refractivity contribution is -0.116. The van der Waals surface area contributed by atoms with E-state index in [1.165, 1.54) is 0 Å². The molecule has 1 aromatic carbocycles. The SMILES string of the molecule is CC(=O)N(Cc1ccsc1)c1ccc(-c2ccc[nH]c2=O)cc1. The van der Waals surface area contributed by atoms with Crippen LogP contribution in [0.15, 0.2) is 64.2 Å². The van der Waals surface area contributed by atoms with Gasteiger partial charge in [0, 0.05) is 24.4 Å². The van der Waals surface area contributed by atoms with Gasteiger partial charge in [-0.05, 0) is 52.2 Å². The molecule has 0 atom stereocenters. The average Bonchev–Trinajstić information content (AvgIpc) is 3.06. The van der Waals surface area contributed by atoms with E-state index in [4.69, 9.17) is 0 Å². The fraction of sp³-hybridized carbons (Fsp3) is 0.111. The Morgan fingerprint density at radius 1 is 1.17 bits per heavy atom. The lowest BCUT2D eigenvalue weighted by atomic mass is 10.1. The highest BCUT2D eigenvalue weighted by Crippen LogP contribution is 2.23. The van der Waals surface area contributed by atoms with Crippen LogP contribution in [0.25, 0.3) is 11.1 Å². The van der Waals surface area contributed by atoms with Crippen molar-refractivity contribution < 1.29 is 4.79 Å². The quantitative estimate of drug-likeness (QED) is 0.796. The van der Waals surface area contributed by atoms with Crippen molar-refractivity contribution in [2.24, 2.45) is 0 Å². The maximum absolute atomic E-state index is 12.0. The summed E-state index contributed by atoms with van der Waals surface area (Å²) >= 11 is 1.61. The highest BCUT2D eigenvalue weighted by molar-refractivity contribution is 7.07. The maximum Gasteiger partial charge on any atom is 0.255 e. The summed E-state index contributed by atoms with van der Waals surface area (Å²) in [5, 5.41) is 4.03. The smallest absolute Gasteiger partial charge is 0.255 e. The molecule has 0 aliphatic carbocycles. The van der Waals surface area contributed by atoms with E-state index in [-0.39, 0.29) is 11.5 Å². The van der Waals surface area contributed by atoms with Crippen molar-refractivity contribution in [1.82, 2.24) is 4.98 Å². The number of aromatic amines is 1. The van der Waals surface area contributed by atoms with Gasteiger partial charge in [-0.2, -0.15) is 11.3 Å². The van der Waals surface area contributed by atoms with Crippen molar-refractivity contribution >= 4 is 22.9 Å². The normalized spacial score (nSPS) is 10.5. The Bertz CT molecular complexity index is 851. The molecular weight excluding hydrogens is 308 g/mol. The molecule has 23 heavy (non-hydrogen) atoms. The third kappa shape index (κ3) is 3.40. The van der Waals surface area contributed by atoms with E-state index in [0.29, 0.717) is 12.1 Å². The van der Waals surface area contributed by atoms with E-state index in [1.54, 1.807) is 41.5 Å². The van der Waals surface area contributed by atoms with E-state index < -0.39 is 0 Å². The van der Waals surface area contributed by atoms with Crippen LogP contribution >= 0.6 is 11.3 Å². The number of nitrogens with one attached hydrogen (secondary N) is 1. The van der Waals surface area contributed by atoms with Crippen molar-refractivity contribution in [1.29, 1.82) is 0 Å². The zero-order chi connectivity index (χ0) is 16.2. The number of pyridine rings is 1. The number of anilines is 1. The molecule has 0 saturated heterocycles. The van der Waals surface area contributed by atoms with Gasteiger partial charge in [-0.15, -0.1) is 0 Å². The van der Waals surface area contributed by atoms with Crippen LogP contribution in [0.1, 0.15) is 12.5 Å². The van der Waals surface area contributed by atoms with Crippen molar-refractivity contribution in [3.8, 4) is 11.1 Å². The Kier molecular flexibility index (Phi) is 4.39. The molecule has 3 aromatic rings. The van der Waals surface area contributed by atoms with Gasteiger partial charge in [-0.25, -0.2) is 0 Å². The molecule has 0 unspecified atom stereocenters. The number of H-pyrrole nitrogens is 1. The number of thiophene rings is 1. The second kappa shape index (κ2) is 6.62. The second-order valence-electron chi connectivity index (χ2n) is 5.20. The highest BCUT2D eigenvalue weighted by Gasteiger charge is 2.13. The minimum atomic E-state index is -0.123. The first-order valence-corrected chi connectivity index (χ1v) is 8.17. The highest BCUT2D eigenvalue weighted by atomic mass is 32.1. The fourth-order valence-electron chi connectivity index (χ4n) is 2.42. The van der Waals surface area contributed by atoms with E-state index in [1.807, 2.05) is 41.1 Å². The monoisotopic (exact) mass is 324 g/mol. The van der Waals surface area contributed by atoms with Gasteiger partial charge >= 0.3 is 0 Å². The molecule has 0 aliphatic heterocycles. The number of hydrogen-bond acceptors (Lipinski definition) is 3. The van der Waals surface area contributed by atoms with Gasteiger partial charge in [-0.1, -0.05) is 12.1 Å². The van der Waals surface area contributed by atoms with Gasteiger partial charge in [0.1, 0.15) is 0 Å². The molecule has 0 bridgehead atoms.